The average Bonchev–Trinajstić information content (AvgIpc) is 2.40. The number of thioether (sulfide) groups is 1. The zero-order valence-electron chi connectivity index (χ0n) is 11.5. The monoisotopic (exact) mass is 300 g/mol. The van der Waals surface area contributed by atoms with E-state index < -0.39 is 0 Å². The zero-order chi connectivity index (χ0) is 14.3. The Bertz CT molecular complexity index is 422. The van der Waals surface area contributed by atoms with Gasteiger partial charge < -0.3 is 10.6 Å². The van der Waals surface area contributed by atoms with Crippen molar-refractivity contribution in [1.29, 1.82) is 0 Å². The maximum absolute atomic E-state index is 11.8. The second-order valence-electron chi connectivity index (χ2n) is 4.21. The number of amides is 1. The van der Waals surface area contributed by atoms with Crippen molar-refractivity contribution in [2.45, 2.75) is 31.6 Å². The van der Waals surface area contributed by atoms with Crippen molar-refractivity contribution in [3.8, 4) is 0 Å². The lowest BCUT2D eigenvalue weighted by Gasteiger charge is -2.18. The smallest absolute Gasteiger partial charge is 0.222 e. The van der Waals surface area contributed by atoms with Gasteiger partial charge in [0.25, 0.3) is 0 Å². The van der Waals surface area contributed by atoms with Gasteiger partial charge in [0.1, 0.15) is 0 Å². The largest absolute Gasteiger partial charge is 0.399 e. The maximum atomic E-state index is 11.8. The summed E-state index contributed by atoms with van der Waals surface area (Å²) < 4.78 is 0. The van der Waals surface area contributed by atoms with Crippen molar-refractivity contribution in [2.24, 2.45) is 0 Å². The number of rotatable bonds is 7. The minimum Gasteiger partial charge on any atom is -0.399 e. The van der Waals surface area contributed by atoms with Crippen LogP contribution < -0.4 is 5.73 Å². The van der Waals surface area contributed by atoms with Gasteiger partial charge in [0, 0.05) is 30.1 Å². The van der Waals surface area contributed by atoms with Gasteiger partial charge >= 0.3 is 0 Å². The van der Waals surface area contributed by atoms with Crippen LogP contribution in [0.15, 0.2) is 23.1 Å². The molecule has 19 heavy (non-hydrogen) atoms. The summed E-state index contributed by atoms with van der Waals surface area (Å²) in [6, 6.07) is 5.47. The van der Waals surface area contributed by atoms with Gasteiger partial charge in [-0.1, -0.05) is 11.6 Å². The molecule has 0 saturated carbocycles. The quantitative estimate of drug-likeness (QED) is 0.475. The first-order valence-electron chi connectivity index (χ1n) is 6.54. The maximum Gasteiger partial charge on any atom is 0.222 e. The molecule has 0 saturated heterocycles. The summed E-state index contributed by atoms with van der Waals surface area (Å²) in [6.07, 6.45) is 1.44. The third kappa shape index (κ3) is 5.33. The van der Waals surface area contributed by atoms with Crippen molar-refractivity contribution in [1.82, 2.24) is 4.90 Å². The van der Waals surface area contributed by atoms with E-state index in [-0.39, 0.29) is 5.91 Å². The number of anilines is 1. The molecule has 0 fully saturated rings. The van der Waals surface area contributed by atoms with E-state index in [0.29, 0.717) is 17.1 Å². The standard InChI is InChI=1S/C14H21ClN2OS/c1-3-17(4-2)14(18)6-5-9-19-13-10-11(16)7-8-12(13)15/h7-8,10H,3-6,9,16H2,1-2H3. The molecule has 0 aliphatic heterocycles. The Balaban J connectivity index is 2.35. The van der Waals surface area contributed by atoms with Crippen LogP contribution in [0.4, 0.5) is 5.69 Å². The third-order valence-corrected chi connectivity index (χ3v) is 4.45. The molecule has 0 bridgehead atoms. The average molecular weight is 301 g/mol. The van der Waals surface area contributed by atoms with Crippen molar-refractivity contribution >= 4 is 35.0 Å². The number of hydrogen-bond donors (Lipinski definition) is 1. The fourth-order valence-corrected chi connectivity index (χ4v) is 2.99. The molecule has 0 aliphatic carbocycles. The van der Waals surface area contributed by atoms with E-state index in [2.05, 4.69) is 0 Å². The van der Waals surface area contributed by atoms with E-state index in [1.54, 1.807) is 23.9 Å². The van der Waals surface area contributed by atoms with Crippen LogP contribution in [-0.4, -0.2) is 29.6 Å². The molecule has 1 aromatic rings. The predicted molar refractivity (Wildman–Crippen MR) is 83.8 cm³/mol. The predicted octanol–water partition coefficient (Wildman–Crippen LogP) is 3.66. The Morgan fingerprint density at radius 1 is 1.37 bits per heavy atom. The Hall–Kier alpha value is -0.870. The van der Waals surface area contributed by atoms with Crippen LogP contribution in [-0.2, 0) is 4.79 Å². The Morgan fingerprint density at radius 2 is 2.05 bits per heavy atom. The van der Waals surface area contributed by atoms with Gasteiger partial charge in [0.2, 0.25) is 5.91 Å². The summed E-state index contributed by atoms with van der Waals surface area (Å²) in [4.78, 5) is 14.7. The Morgan fingerprint density at radius 3 is 2.68 bits per heavy atom. The number of nitrogens with zero attached hydrogens (tertiary/aromatic N) is 1. The summed E-state index contributed by atoms with van der Waals surface area (Å²) in [5.41, 5.74) is 6.44. The van der Waals surface area contributed by atoms with Crippen LogP contribution >= 0.6 is 23.4 Å². The first kappa shape index (κ1) is 16.2. The third-order valence-electron chi connectivity index (χ3n) is 2.86. The molecule has 0 heterocycles. The summed E-state index contributed by atoms with van der Waals surface area (Å²) in [5, 5.41) is 0.717. The molecule has 2 N–H and O–H groups in total. The topological polar surface area (TPSA) is 46.3 Å². The highest BCUT2D eigenvalue weighted by molar-refractivity contribution is 7.99. The molecule has 0 radical (unpaired) electrons. The molecule has 1 rings (SSSR count). The lowest BCUT2D eigenvalue weighted by Crippen LogP contribution is -2.30. The van der Waals surface area contributed by atoms with Crippen LogP contribution in [0.2, 0.25) is 5.02 Å². The molecule has 0 aromatic heterocycles. The highest BCUT2D eigenvalue weighted by Crippen LogP contribution is 2.29. The number of halogens is 1. The number of nitrogens with two attached hydrogens (primary N) is 1. The van der Waals surface area contributed by atoms with Gasteiger partial charge in [-0.2, -0.15) is 0 Å². The molecule has 0 atom stereocenters. The van der Waals surface area contributed by atoms with Crippen LogP contribution in [0.25, 0.3) is 0 Å². The van der Waals surface area contributed by atoms with Gasteiger partial charge in [-0.3, -0.25) is 4.79 Å². The van der Waals surface area contributed by atoms with Crippen molar-refractivity contribution in [3.63, 3.8) is 0 Å². The van der Waals surface area contributed by atoms with Crippen LogP contribution in [0.1, 0.15) is 26.7 Å². The van der Waals surface area contributed by atoms with E-state index in [1.807, 2.05) is 24.8 Å². The van der Waals surface area contributed by atoms with Crippen molar-refractivity contribution < 1.29 is 4.79 Å². The van der Waals surface area contributed by atoms with Gasteiger partial charge in [-0.05, 0) is 44.2 Å². The zero-order valence-corrected chi connectivity index (χ0v) is 13.1. The fourth-order valence-electron chi connectivity index (χ4n) is 1.77. The highest BCUT2D eigenvalue weighted by Gasteiger charge is 2.09. The van der Waals surface area contributed by atoms with Crippen LogP contribution in [0, 0.1) is 0 Å². The first-order valence-corrected chi connectivity index (χ1v) is 7.90. The van der Waals surface area contributed by atoms with Crippen LogP contribution in [0.3, 0.4) is 0 Å². The molecule has 3 nitrogen and oxygen atoms in total. The van der Waals surface area contributed by atoms with Crippen molar-refractivity contribution in [3.05, 3.63) is 23.2 Å². The number of carbonyl (C=O) groups excluding carboxylic acids is 1. The van der Waals surface area contributed by atoms with E-state index in [9.17, 15) is 4.79 Å². The lowest BCUT2D eigenvalue weighted by molar-refractivity contribution is -0.130. The summed E-state index contributed by atoms with van der Waals surface area (Å²) in [6.45, 7) is 5.57. The molecule has 0 spiro atoms. The van der Waals surface area contributed by atoms with Gasteiger partial charge in [0.05, 0.1) is 5.02 Å². The second-order valence-corrected chi connectivity index (χ2v) is 5.75. The first-order chi connectivity index (χ1) is 9.08. The highest BCUT2D eigenvalue weighted by atomic mass is 35.5. The SMILES string of the molecule is CCN(CC)C(=O)CCCSc1cc(N)ccc1Cl. The van der Waals surface area contributed by atoms with Gasteiger partial charge in [0.15, 0.2) is 0 Å². The molecule has 106 valence electrons. The van der Waals surface area contributed by atoms with E-state index in [0.717, 1.165) is 30.2 Å². The van der Waals surface area contributed by atoms with Crippen LogP contribution in [0.5, 0.6) is 0 Å². The lowest BCUT2D eigenvalue weighted by atomic mass is 10.3. The minimum absolute atomic E-state index is 0.226. The van der Waals surface area contributed by atoms with E-state index in [4.69, 9.17) is 17.3 Å². The fraction of sp³-hybridized carbons (Fsp3) is 0.500. The normalized spacial score (nSPS) is 10.5. The Kier molecular flexibility index (Phi) is 7.10. The number of carbonyl (C=O) groups is 1. The molecule has 1 aromatic carbocycles. The van der Waals surface area contributed by atoms with E-state index >= 15 is 0 Å². The summed E-state index contributed by atoms with van der Waals surface area (Å²) in [5.74, 6) is 1.10. The molecular weight excluding hydrogens is 280 g/mol. The van der Waals surface area contributed by atoms with Crippen molar-refractivity contribution in [2.75, 3.05) is 24.6 Å². The molecule has 0 unspecified atom stereocenters. The van der Waals surface area contributed by atoms with E-state index in [1.165, 1.54) is 0 Å². The Labute approximate surface area is 124 Å². The second kappa shape index (κ2) is 8.33. The summed E-state index contributed by atoms with van der Waals surface area (Å²) in [7, 11) is 0. The molecule has 0 aliphatic rings. The molecular formula is C14H21ClN2OS. The molecule has 1 amide bonds. The molecule has 5 heteroatoms. The number of nitrogen functional groups attached to an aromatic ring is 1. The number of hydrogen-bond acceptors (Lipinski definition) is 3. The summed E-state index contributed by atoms with van der Waals surface area (Å²) >= 11 is 7.73. The van der Waals surface area contributed by atoms with Gasteiger partial charge in [-0.15, -0.1) is 11.8 Å². The van der Waals surface area contributed by atoms with Gasteiger partial charge in [-0.25, -0.2) is 0 Å². The minimum atomic E-state index is 0.226. The number of benzene rings is 1.